The standard InChI is InChI=1S/C14H20F7NO/c1-9(8-10-6-4-3-5-7-10)22(2)11(23)12(15,16)13(17,18)14(19,20)21/h9-10H,3-8H2,1-2H3. The van der Waals surface area contributed by atoms with Crippen molar-refractivity contribution in [3.63, 3.8) is 0 Å². The summed E-state index contributed by atoms with van der Waals surface area (Å²) >= 11 is 0. The minimum absolute atomic E-state index is 0.158. The molecule has 1 aliphatic rings. The van der Waals surface area contributed by atoms with Crippen molar-refractivity contribution in [3.8, 4) is 0 Å². The smallest absolute Gasteiger partial charge is 0.338 e. The van der Waals surface area contributed by atoms with E-state index in [0.29, 0.717) is 11.3 Å². The van der Waals surface area contributed by atoms with Gasteiger partial charge in [0.05, 0.1) is 0 Å². The van der Waals surface area contributed by atoms with Crippen LogP contribution in [0.15, 0.2) is 0 Å². The van der Waals surface area contributed by atoms with E-state index in [9.17, 15) is 35.5 Å². The molecule has 0 aromatic carbocycles. The van der Waals surface area contributed by atoms with Crippen LogP contribution in [0.2, 0.25) is 0 Å². The first-order chi connectivity index (χ1) is 10.3. The molecule has 1 atom stereocenters. The summed E-state index contributed by atoms with van der Waals surface area (Å²) in [6, 6.07) is -0.847. The Kier molecular flexibility index (Phi) is 5.96. The fraction of sp³-hybridized carbons (Fsp3) is 0.929. The first kappa shape index (κ1) is 20.0. The molecule has 1 unspecified atom stereocenters. The Morgan fingerprint density at radius 1 is 1.04 bits per heavy atom. The Morgan fingerprint density at radius 3 is 1.96 bits per heavy atom. The van der Waals surface area contributed by atoms with E-state index in [2.05, 4.69) is 0 Å². The molecule has 136 valence electrons. The molecular weight excluding hydrogens is 331 g/mol. The van der Waals surface area contributed by atoms with E-state index in [0.717, 1.165) is 39.2 Å². The van der Waals surface area contributed by atoms with Crippen molar-refractivity contribution in [2.24, 2.45) is 5.92 Å². The number of hydrogen-bond donors (Lipinski definition) is 0. The quantitative estimate of drug-likeness (QED) is 0.661. The minimum Gasteiger partial charge on any atom is -0.338 e. The van der Waals surface area contributed by atoms with Gasteiger partial charge in [-0.15, -0.1) is 0 Å². The fourth-order valence-corrected chi connectivity index (χ4v) is 2.80. The number of carbonyl (C=O) groups is 1. The van der Waals surface area contributed by atoms with Crippen LogP contribution in [-0.2, 0) is 4.79 Å². The van der Waals surface area contributed by atoms with Crippen LogP contribution in [-0.4, -0.2) is 41.9 Å². The third-order valence-electron chi connectivity index (χ3n) is 4.40. The van der Waals surface area contributed by atoms with E-state index >= 15 is 0 Å². The lowest BCUT2D eigenvalue weighted by Gasteiger charge is -2.34. The van der Waals surface area contributed by atoms with Gasteiger partial charge in [-0.25, -0.2) is 0 Å². The van der Waals surface area contributed by atoms with E-state index in [1.54, 1.807) is 0 Å². The zero-order valence-electron chi connectivity index (χ0n) is 12.9. The average molecular weight is 351 g/mol. The fourth-order valence-electron chi connectivity index (χ4n) is 2.80. The predicted molar refractivity (Wildman–Crippen MR) is 69.4 cm³/mol. The molecule has 0 aliphatic heterocycles. The molecule has 1 amide bonds. The largest absolute Gasteiger partial charge is 0.460 e. The van der Waals surface area contributed by atoms with E-state index in [1.165, 1.54) is 6.92 Å². The van der Waals surface area contributed by atoms with Crippen molar-refractivity contribution in [3.05, 3.63) is 0 Å². The van der Waals surface area contributed by atoms with Crippen LogP contribution in [0.4, 0.5) is 30.7 Å². The zero-order valence-corrected chi connectivity index (χ0v) is 12.9. The molecule has 2 nitrogen and oxygen atoms in total. The minimum atomic E-state index is -6.50. The van der Waals surface area contributed by atoms with Gasteiger partial charge in [0.25, 0.3) is 5.91 Å². The van der Waals surface area contributed by atoms with E-state index in [-0.39, 0.29) is 5.92 Å². The summed E-state index contributed by atoms with van der Waals surface area (Å²) in [5.41, 5.74) is 0. The molecule has 1 rings (SSSR count). The lowest BCUT2D eigenvalue weighted by atomic mass is 9.85. The molecule has 23 heavy (non-hydrogen) atoms. The molecule has 1 aliphatic carbocycles. The van der Waals surface area contributed by atoms with Crippen LogP contribution >= 0.6 is 0 Å². The summed E-state index contributed by atoms with van der Waals surface area (Å²) in [4.78, 5) is 11.8. The zero-order chi connectivity index (χ0) is 18.1. The van der Waals surface area contributed by atoms with Crippen molar-refractivity contribution < 1.29 is 35.5 Å². The molecule has 0 radical (unpaired) electrons. The molecule has 1 fully saturated rings. The molecule has 9 heteroatoms. The average Bonchev–Trinajstić information content (AvgIpc) is 2.45. The summed E-state index contributed by atoms with van der Waals surface area (Å²) in [5.74, 6) is -14.6. The molecule has 0 aromatic heterocycles. The highest BCUT2D eigenvalue weighted by Crippen LogP contribution is 2.47. The molecular formula is C14H20F7NO. The summed E-state index contributed by atoms with van der Waals surface area (Å²) in [5, 5.41) is 0. The second-order valence-corrected chi connectivity index (χ2v) is 6.15. The Bertz CT molecular complexity index is 416. The molecule has 0 bridgehead atoms. The summed E-state index contributed by atoms with van der Waals surface area (Å²) in [6.45, 7) is 1.37. The second kappa shape index (κ2) is 6.84. The summed E-state index contributed by atoms with van der Waals surface area (Å²) < 4.78 is 89.1. The second-order valence-electron chi connectivity index (χ2n) is 6.15. The van der Waals surface area contributed by atoms with Crippen molar-refractivity contribution >= 4 is 5.91 Å². The number of nitrogens with zero attached hydrogens (tertiary/aromatic N) is 1. The van der Waals surface area contributed by atoms with Gasteiger partial charge in [0.15, 0.2) is 0 Å². The highest BCUT2D eigenvalue weighted by Gasteiger charge is 2.76. The number of amides is 1. The van der Waals surface area contributed by atoms with Crippen molar-refractivity contribution in [1.82, 2.24) is 4.90 Å². The number of hydrogen-bond acceptors (Lipinski definition) is 1. The van der Waals surface area contributed by atoms with Crippen LogP contribution in [0.5, 0.6) is 0 Å². The monoisotopic (exact) mass is 351 g/mol. The normalized spacial score (nSPS) is 19.5. The van der Waals surface area contributed by atoms with Gasteiger partial charge >= 0.3 is 18.0 Å². The number of halogens is 7. The maximum Gasteiger partial charge on any atom is 0.460 e. The first-order valence-electron chi connectivity index (χ1n) is 7.42. The van der Waals surface area contributed by atoms with Gasteiger partial charge < -0.3 is 4.90 Å². The Labute approximate surface area is 130 Å². The van der Waals surface area contributed by atoms with Gasteiger partial charge in [0.2, 0.25) is 0 Å². The highest BCUT2D eigenvalue weighted by molar-refractivity contribution is 5.85. The van der Waals surface area contributed by atoms with E-state index < -0.39 is 30.0 Å². The summed E-state index contributed by atoms with van der Waals surface area (Å²) in [6.07, 6.45) is -1.57. The van der Waals surface area contributed by atoms with Gasteiger partial charge in [0.1, 0.15) is 0 Å². The predicted octanol–water partition coefficient (Wildman–Crippen LogP) is 4.64. The lowest BCUT2D eigenvalue weighted by molar-refractivity contribution is -0.346. The van der Waals surface area contributed by atoms with Crippen molar-refractivity contribution in [2.45, 2.75) is 69.5 Å². The molecule has 1 saturated carbocycles. The van der Waals surface area contributed by atoms with Crippen LogP contribution in [0.25, 0.3) is 0 Å². The molecule has 0 aromatic rings. The van der Waals surface area contributed by atoms with Crippen molar-refractivity contribution in [2.75, 3.05) is 7.05 Å². The maximum absolute atomic E-state index is 13.4. The Hall–Kier alpha value is -1.02. The molecule has 0 N–H and O–H groups in total. The molecule has 0 spiro atoms. The van der Waals surface area contributed by atoms with Gasteiger partial charge in [-0.2, -0.15) is 30.7 Å². The van der Waals surface area contributed by atoms with Crippen LogP contribution < -0.4 is 0 Å². The Balaban J connectivity index is 2.81. The van der Waals surface area contributed by atoms with Gasteiger partial charge in [-0.05, 0) is 19.3 Å². The van der Waals surface area contributed by atoms with Gasteiger partial charge in [-0.1, -0.05) is 32.1 Å². The molecule has 0 saturated heterocycles. The Morgan fingerprint density at radius 2 is 1.52 bits per heavy atom. The van der Waals surface area contributed by atoms with Gasteiger partial charge in [-0.3, -0.25) is 4.79 Å². The maximum atomic E-state index is 13.4. The SMILES string of the molecule is CC(CC1CCCCC1)N(C)C(=O)C(F)(F)C(F)(F)C(F)(F)F. The highest BCUT2D eigenvalue weighted by atomic mass is 19.4. The number of carbonyl (C=O) groups excluding carboxylic acids is 1. The lowest BCUT2D eigenvalue weighted by Crippen LogP contribution is -2.60. The van der Waals surface area contributed by atoms with Crippen molar-refractivity contribution in [1.29, 1.82) is 0 Å². The van der Waals surface area contributed by atoms with E-state index in [1.807, 2.05) is 0 Å². The number of alkyl halides is 7. The first-order valence-corrected chi connectivity index (χ1v) is 7.42. The number of rotatable bonds is 5. The van der Waals surface area contributed by atoms with E-state index in [4.69, 9.17) is 0 Å². The van der Waals surface area contributed by atoms with Crippen LogP contribution in [0.3, 0.4) is 0 Å². The third kappa shape index (κ3) is 4.09. The van der Waals surface area contributed by atoms with Crippen LogP contribution in [0, 0.1) is 5.92 Å². The summed E-state index contributed by atoms with van der Waals surface area (Å²) in [7, 11) is 0.830. The topological polar surface area (TPSA) is 20.3 Å². The van der Waals surface area contributed by atoms with Crippen LogP contribution in [0.1, 0.15) is 45.4 Å². The van der Waals surface area contributed by atoms with Gasteiger partial charge in [0, 0.05) is 13.1 Å². The third-order valence-corrected chi connectivity index (χ3v) is 4.40. The molecule has 0 heterocycles.